The Kier molecular flexibility index (Phi) is 6.37. The number of nitrogens with zero attached hydrogens (tertiary/aromatic N) is 2. The van der Waals surface area contributed by atoms with Crippen molar-refractivity contribution in [2.24, 2.45) is 5.92 Å². The quantitative estimate of drug-likeness (QED) is 0.875. The molecule has 6 heteroatoms. The summed E-state index contributed by atoms with van der Waals surface area (Å²) >= 11 is 0. The largest absolute Gasteiger partial charge is 0.481 e. The van der Waals surface area contributed by atoms with Crippen LogP contribution in [0, 0.1) is 5.92 Å². The molecule has 0 aromatic heterocycles. The molecule has 2 heterocycles. The van der Waals surface area contributed by atoms with Gasteiger partial charge < -0.3 is 14.7 Å². The van der Waals surface area contributed by atoms with Gasteiger partial charge in [0.15, 0.2) is 0 Å². The number of benzene rings is 1. The number of hydrogen-bond donors (Lipinski definition) is 1. The van der Waals surface area contributed by atoms with E-state index in [-0.39, 0.29) is 19.2 Å². The van der Waals surface area contributed by atoms with Crippen molar-refractivity contribution in [3.8, 4) is 0 Å². The first-order valence-corrected chi connectivity index (χ1v) is 9.91. The van der Waals surface area contributed by atoms with Crippen LogP contribution in [0.2, 0.25) is 0 Å². The number of carboxylic acids is 1. The molecule has 2 aliphatic rings. The predicted molar refractivity (Wildman–Crippen MR) is 102 cm³/mol. The zero-order chi connectivity index (χ0) is 19.4. The molecule has 2 saturated heterocycles. The number of carbonyl (C=O) groups excluding carboxylic acids is 1. The molecule has 0 bridgehead atoms. The van der Waals surface area contributed by atoms with Crippen LogP contribution in [0.15, 0.2) is 30.3 Å². The third-order valence-electron chi connectivity index (χ3n) is 5.92. The van der Waals surface area contributed by atoms with E-state index < -0.39 is 18.0 Å². The number of rotatable bonds is 4. The number of aliphatic carboxylic acids is 1. The summed E-state index contributed by atoms with van der Waals surface area (Å²) in [6.45, 7) is 5.37. The van der Waals surface area contributed by atoms with Gasteiger partial charge in [0.1, 0.15) is 6.61 Å². The summed E-state index contributed by atoms with van der Waals surface area (Å²) in [5.41, 5.74) is 0.924. The fourth-order valence-corrected chi connectivity index (χ4v) is 4.59. The highest BCUT2D eigenvalue weighted by atomic mass is 16.6. The van der Waals surface area contributed by atoms with Crippen molar-refractivity contribution < 1.29 is 19.4 Å². The Morgan fingerprint density at radius 1 is 1.11 bits per heavy atom. The molecule has 4 atom stereocenters. The minimum Gasteiger partial charge on any atom is -0.481 e. The first-order valence-electron chi connectivity index (χ1n) is 9.91. The molecule has 148 valence electrons. The average Bonchev–Trinajstić information content (AvgIpc) is 2.66. The normalized spacial score (nSPS) is 29.3. The molecular formula is C21H30N2O4. The van der Waals surface area contributed by atoms with Crippen LogP contribution in [-0.2, 0) is 16.1 Å². The molecule has 1 N–H and O–H groups in total. The fourth-order valence-electron chi connectivity index (χ4n) is 4.59. The zero-order valence-corrected chi connectivity index (χ0v) is 16.2. The van der Waals surface area contributed by atoms with Gasteiger partial charge in [-0.3, -0.25) is 9.69 Å². The number of amides is 1. The SMILES string of the molecule is C[C@@H]1CCC[C@H](C)N1[C@@H]1C[C@H](C(=O)O)CN(C(=O)OCc2ccccc2)C1. The van der Waals surface area contributed by atoms with Crippen LogP contribution in [0.5, 0.6) is 0 Å². The van der Waals surface area contributed by atoms with E-state index in [1.165, 1.54) is 6.42 Å². The lowest BCUT2D eigenvalue weighted by Gasteiger charge is -2.48. The minimum absolute atomic E-state index is 0.0643. The van der Waals surface area contributed by atoms with Crippen molar-refractivity contribution in [2.75, 3.05) is 13.1 Å². The van der Waals surface area contributed by atoms with E-state index in [1.54, 1.807) is 4.90 Å². The minimum atomic E-state index is -0.835. The maximum Gasteiger partial charge on any atom is 0.410 e. The van der Waals surface area contributed by atoms with Crippen molar-refractivity contribution in [3.05, 3.63) is 35.9 Å². The number of ether oxygens (including phenoxy) is 1. The lowest BCUT2D eigenvalue weighted by Crippen LogP contribution is -2.59. The first kappa shape index (κ1) is 19.7. The molecule has 1 amide bonds. The van der Waals surface area contributed by atoms with Crippen LogP contribution in [0.4, 0.5) is 4.79 Å². The van der Waals surface area contributed by atoms with Crippen molar-refractivity contribution >= 4 is 12.1 Å². The summed E-state index contributed by atoms with van der Waals surface area (Å²) in [4.78, 5) is 28.3. The molecule has 0 aliphatic carbocycles. The number of carboxylic acid groups (broad SMARTS) is 1. The molecule has 1 aromatic rings. The maximum atomic E-state index is 12.6. The Balaban J connectivity index is 1.68. The standard InChI is InChI=1S/C21H30N2O4/c1-15-7-6-8-16(2)23(15)19-11-18(20(24)25)12-22(13-19)21(26)27-14-17-9-4-3-5-10-17/h3-5,9-10,15-16,18-19H,6-8,11-14H2,1-2H3,(H,24,25)/t15-,16+,18-,19+/m0/s1. The van der Waals surface area contributed by atoms with E-state index >= 15 is 0 Å². The van der Waals surface area contributed by atoms with Crippen LogP contribution < -0.4 is 0 Å². The molecule has 0 saturated carbocycles. The highest BCUT2D eigenvalue weighted by Gasteiger charge is 2.40. The molecular weight excluding hydrogens is 344 g/mol. The van der Waals surface area contributed by atoms with E-state index in [2.05, 4.69) is 18.7 Å². The van der Waals surface area contributed by atoms with Gasteiger partial charge >= 0.3 is 12.1 Å². The van der Waals surface area contributed by atoms with Gasteiger partial charge in [0.05, 0.1) is 5.92 Å². The molecule has 27 heavy (non-hydrogen) atoms. The zero-order valence-electron chi connectivity index (χ0n) is 16.2. The summed E-state index contributed by atoms with van der Waals surface area (Å²) in [6.07, 6.45) is 3.62. The van der Waals surface area contributed by atoms with E-state index in [0.717, 1.165) is 18.4 Å². The third-order valence-corrected chi connectivity index (χ3v) is 5.92. The van der Waals surface area contributed by atoms with Crippen LogP contribution in [0.25, 0.3) is 0 Å². The molecule has 1 aromatic carbocycles. The van der Waals surface area contributed by atoms with Crippen LogP contribution in [-0.4, -0.2) is 58.2 Å². The monoisotopic (exact) mass is 374 g/mol. The second-order valence-electron chi connectivity index (χ2n) is 7.95. The molecule has 0 spiro atoms. The maximum absolute atomic E-state index is 12.6. The van der Waals surface area contributed by atoms with Gasteiger partial charge in [-0.2, -0.15) is 0 Å². The average molecular weight is 374 g/mol. The molecule has 0 radical (unpaired) electrons. The number of piperidine rings is 2. The Hall–Kier alpha value is -2.08. The topological polar surface area (TPSA) is 70.1 Å². The number of carbonyl (C=O) groups is 2. The predicted octanol–water partition coefficient (Wildman–Crippen LogP) is 3.36. The van der Waals surface area contributed by atoms with Crippen LogP contribution in [0.1, 0.15) is 45.1 Å². The highest BCUT2D eigenvalue weighted by molar-refractivity contribution is 5.73. The molecule has 6 nitrogen and oxygen atoms in total. The number of likely N-dealkylation sites (tertiary alicyclic amines) is 2. The third kappa shape index (κ3) is 4.80. The summed E-state index contributed by atoms with van der Waals surface area (Å²) < 4.78 is 5.46. The van der Waals surface area contributed by atoms with Crippen molar-refractivity contribution in [1.29, 1.82) is 0 Å². The second-order valence-corrected chi connectivity index (χ2v) is 7.95. The van der Waals surface area contributed by atoms with Gasteiger partial charge in [-0.15, -0.1) is 0 Å². The Morgan fingerprint density at radius 3 is 2.41 bits per heavy atom. The highest BCUT2D eigenvalue weighted by Crippen LogP contribution is 2.31. The van der Waals surface area contributed by atoms with Crippen molar-refractivity contribution in [1.82, 2.24) is 9.80 Å². The van der Waals surface area contributed by atoms with E-state index in [1.807, 2.05) is 30.3 Å². The summed E-state index contributed by atoms with van der Waals surface area (Å²) in [5, 5.41) is 9.60. The van der Waals surface area contributed by atoms with E-state index in [0.29, 0.717) is 25.0 Å². The summed E-state index contributed by atoms with van der Waals surface area (Å²) in [6, 6.07) is 10.4. The number of hydrogen-bond acceptors (Lipinski definition) is 4. The lowest BCUT2D eigenvalue weighted by molar-refractivity contribution is -0.145. The van der Waals surface area contributed by atoms with Crippen LogP contribution in [0.3, 0.4) is 0 Å². The van der Waals surface area contributed by atoms with Crippen LogP contribution >= 0.6 is 0 Å². The molecule has 2 aliphatic heterocycles. The Labute approximate surface area is 161 Å². The first-order chi connectivity index (χ1) is 13.0. The van der Waals surface area contributed by atoms with Gasteiger partial charge in [-0.05, 0) is 38.7 Å². The Bertz CT molecular complexity index is 641. The van der Waals surface area contributed by atoms with Crippen molar-refractivity contribution in [2.45, 2.75) is 64.3 Å². The second kappa shape index (κ2) is 8.74. The van der Waals surface area contributed by atoms with Gasteiger partial charge in [-0.1, -0.05) is 36.8 Å². The van der Waals surface area contributed by atoms with E-state index in [4.69, 9.17) is 4.74 Å². The Morgan fingerprint density at radius 2 is 1.78 bits per heavy atom. The van der Waals surface area contributed by atoms with Gasteiger partial charge in [-0.25, -0.2) is 4.79 Å². The van der Waals surface area contributed by atoms with Gasteiger partial charge in [0.25, 0.3) is 0 Å². The summed E-state index contributed by atoms with van der Waals surface area (Å²) in [5.74, 6) is -1.38. The van der Waals surface area contributed by atoms with Gasteiger partial charge in [0.2, 0.25) is 0 Å². The molecule has 3 rings (SSSR count). The van der Waals surface area contributed by atoms with Gasteiger partial charge in [0, 0.05) is 31.2 Å². The lowest BCUT2D eigenvalue weighted by atomic mass is 9.88. The smallest absolute Gasteiger partial charge is 0.410 e. The summed E-state index contributed by atoms with van der Waals surface area (Å²) in [7, 11) is 0. The van der Waals surface area contributed by atoms with Crippen molar-refractivity contribution in [3.63, 3.8) is 0 Å². The molecule has 2 fully saturated rings. The van der Waals surface area contributed by atoms with E-state index in [9.17, 15) is 14.7 Å². The fraction of sp³-hybridized carbons (Fsp3) is 0.619. The molecule has 0 unspecified atom stereocenters.